The van der Waals surface area contributed by atoms with E-state index >= 15 is 0 Å². The van der Waals surface area contributed by atoms with Crippen LogP contribution in [0.1, 0.15) is 30.5 Å². The van der Waals surface area contributed by atoms with Crippen LogP contribution in [0, 0.1) is 20.8 Å². The average molecular weight is 319 g/mol. The molecule has 1 heterocycles. The first kappa shape index (κ1) is 17.7. The van der Waals surface area contributed by atoms with Gasteiger partial charge in [-0.2, -0.15) is 0 Å². The summed E-state index contributed by atoms with van der Waals surface area (Å²) in [5.41, 5.74) is 5.47. The van der Waals surface area contributed by atoms with Crippen molar-refractivity contribution in [2.24, 2.45) is 0 Å². The fourth-order valence-corrected chi connectivity index (χ4v) is 2.56. The predicted octanol–water partition coefficient (Wildman–Crippen LogP) is 6.49. The molecule has 0 amide bonds. The molecule has 124 valence electrons. The fraction of sp³-hybridized carbons (Fsp3) is 0.227. The quantitative estimate of drug-likeness (QED) is 0.550. The van der Waals surface area contributed by atoms with Crippen molar-refractivity contribution in [1.82, 2.24) is 4.98 Å². The molecular weight excluding hydrogens is 294 g/mol. The van der Waals surface area contributed by atoms with Gasteiger partial charge in [0.25, 0.3) is 0 Å². The minimum Gasteiger partial charge on any atom is -0.456 e. The molecule has 24 heavy (non-hydrogen) atoms. The molecule has 0 spiro atoms. The zero-order chi connectivity index (χ0) is 17.5. The van der Waals surface area contributed by atoms with Crippen LogP contribution in [0.15, 0.2) is 60.8 Å². The van der Waals surface area contributed by atoms with E-state index in [9.17, 15) is 0 Å². The largest absolute Gasteiger partial charge is 0.456 e. The smallest absolute Gasteiger partial charge is 0.139 e. The van der Waals surface area contributed by atoms with Crippen molar-refractivity contribution in [3.05, 3.63) is 77.5 Å². The third-order valence-electron chi connectivity index (χ3n) is 3.77. The van der Waals surface area contributed by atoms with Gasteiger partial charge < -0.3 is 4.74 Å². The van der Waals surface area contributed by atoms with Crippen LogP contribution in [0.3, 0.4) is 0 Å². The summed E-state index contributed by atoms with van der Waals surface area (Å²) in [4.78, 5) is 4.57. The van der Waals surface area contributed by atoms with Crippen molar-refractivity contribution in [2.45, 2.75) is 34.6 Å². The molecule has 1 aromatic heterocycles. The Hall–Kier alpha value is -2.61. The van der Waals surface area contributed by atoms with E-state index in [0.717, 1.165) is 33.9 Å². The maximum Gasteiger partial charge on any atom is 0.139 e. The second-order valence-corrected chi connectivity index (χ2v) is 5.49. The number of pyridine rings is 1. The molecule has 2 nitrogen and oxygen atoms in total. The van der Waals surface area contributed by atoms with E-state index in [2.05, 4.69) is 44.0 Å². The molecule has 0 fully saturated rings. The minimum absolute atomic E-state index is 0.839. The molecule has 0 atom stereocenters. The van der Waals surface area contributed by atoms with Gasteiger partial charge in [0.2, 0.25) is 0 Å². The van der Waals surface area contributed by atoms with E-state index in [-0.39, 0.29) is 0 Å². The lowest BCUT2D eigenvalue weighted by molar-refractivity contribution is 0.480. The van der Waals surface area contributed by atoms with Crippen LogP contribution in [0.4, 0.5) is 0 Å². The Morgan fingerprint density at radius 3 is 2.04 bits per heavy atom. The van der Waals surface area contributed by atoms with Crippen molar-refractivity contribution in [1.29, 1.82) is 0 Å². The fourth-order valence-electron chi connectivity index (χ4n) is 2.56. The van der Waals surface area contributed by atoms with Gasteiger partial charge in [-0.15, -0.1) is 0 Å². The first-order valence-corrected chi connectivity index (χ1v) is 8.42. The summed E-state index contributed by atoms with van der Waals surface area (Å²) in [6.07, 6.45) is 1.83. The van der Waals surface area contributed by atoms with Crippen molar-refractivity contribution < 1.29 is 4.74 Å². The molecule has 0 aliphatic carbocycles. The number of ether oxygens (including phenoxy) is 1. The molecule has 3 aromatic rings. The van der Waals surface area contributed by atoms with Gasteiger partial charge in [0.15, 0.2) is 0 Å². The summed E-state index contributed by atoms with van der Waals surface area (Å²) in [6.45, 7) is 10.2. The molecule has 0 radical (unpaired) electrons. The highest BCUT2D eigenvalue weighted by Gasteiger charge is 2.16. The van der Waals surface area contributed by atoms with Crippen LogP contribution in [-0.4, -0.2) is 4.98 Å². The van der Waals surface area contributed by atoms with Gasteiger partial charge in [0.1, 0.15) is 11.5 Å². The zero-order valence-electron chi connectivity index (χ0n) is 15.1. The maximum absolute atomic E-state index is 6.19. The predicted molar refractivity (Wildman–Crippen MR) is 102 cm³/mol. The van der Waals surface area contributed by atoms with E-state index in [0.29, 0.717) is 0 Å². The van der Waals surface area contributed by atoms with Gasteiger partial charge in [-0.1, -0.05) is 50.2 Å². The maximum atomic E-state index is 6.19. The number of aromatic nitrogens is 1. The van der Waals surface area contributed by atoms with Gasteiger partial charge in [0.05, 0.1) is 5.69 Å². The van der Waals surface area contributed by atoms with Gasteiger partial charge >= 0.3 is 0 Å². The molecule has 0 saturated heterocycles. The average Bonchev–Trinajstić information content (AvgIpc) is 2.62. The minimum atomic E-state index is 0.839. The number of nitrogens with zero attached hydrogens (tertiary/aromatic N) is 1. The molecular formula is C22H25NO. The Labute approximate surface area is 145 Å². The van der Waals surface area contributed by atoms with E-state index < -0.39 is 0 Å². The number of para-hydroxylation sites is 1. The number of rotatable bonds is 3. The molecule has 0 aliphatic heterocycles. The van der Waals surface area contributed by atoms with Crippen LogP contribution in [0.2, 0.25) is 0 Å². The molecule has 3 rings (SSSR count). The molecule has 0 N–H and O–H groups in total. The zero-order valence-corrected chi connectivity index (χ0v) is 15.1. The standard InChI is InChI=1S/C20H19NO.C2H6/c1-14-11-12-16(3)20(22-17-9-5-4-6-10-17)18(14)19-15(2)8-7-13-21-19;1-2/h4-13H,1-3H3;1-2H3. The third-order valence-corrected chi connectivity index (χ3v) is 3.77. The summed E-state index contributed by atoms with van der Waals surface area (Å²) in [7, 11) is 0. The van der Waals surface area contributed by atoms with E-state index in [1.807, 2.05) is 56.4 Å². The molecule has 2 aromatic carbocycles. The van der Waals surface area contributed by atoms with Crippen LogP contribution in [0.25, 0.3) is 11.3 Å². The van der Waals surface area contributed by atoms with Crippen LogP contribution < -0.4 is 4.74 Å². The topological polar surface area (TPSA) is 22.1 Å². The molecule has 0 saturated carbocycles. The van der Waals surface area contributed by atoms with Crippen molar-refractivity contribution in [2.75, 3.05) is 0 Å². The first-order chi connectivity index (χ1) is 11.7. The number of hydrogen-bond donors (Lipinski definition) is 0. The molecule has 0 unspecified atom stereocenters. The Morgan fingerprint density at radius 1 is 0.708 bits per heavy atom. The first-order valence-electron chi connectivity index (χ1n) is 8.42. The lowest BCUT2D eigenvalue weighted by atomic mass is 9.98. The SMILES string of the molecule is CC.Cc1cccnc1-c1c(C)ccc(C)c1Oc1ccccc1. The summed E-state index contributed by atoms with van der Waals surface area (Å²) in [6, 6.07) is 18.1. The number of benzene rings is 2. The van der Waals surface area contributed by atoms with Crippen molar-refractivity contribution in [3.63, 3.8) is 0 Å². The second kappa shape index (κ2) is 8.30. The van der Waals surface area contributed by atoms with E-state index in [1.165, 1.54) is 5.56 Å². The van der Waals surface area contributed by atoms with Gasteiger partial charge in [-0.05, 0) is 55.7 Å². The van der Waals surface area contributed by atoms with Crippen molar-refractivity contribution in [3.8, 4) is 22.8 Å². The summed E-state index contributed by atoms with van der Waals surface area (Å²) < 4.78 is 6.19. The van der Waals surface area contributed by atoms with Crippen LogP contribution >= 0.6 is 0 Å². The summed E-state index contributed by atoms with van der Waals surface area (Å²) in [5, 5.41) is 0. The number of hydrogen-bond acceptors (Lipinski definition) is 2. The Morgan fingerprint density at radius 2 is 1.38 bits per heavy atom. The molecule has 2 heteroatoms. The van der Waals surface area contributed by atoms with E-state index in [4.69, 9.17) is 4.74 Å². The normalized spacial score (nSPS) is 9.88. The van der Waals surface area contributed by atoms with E-state index in [1.54, 1.807) is 0 Å². The lowest BCUT2D eigenvalue weighted by Gasteiger charge is -2.17. The van der Waals surface area contributed by atoms with Gasteiger partial charge in [-0.3, -0.25) is 4.98 Å². The Kier molecular flexibility index (Phi) is 6.14. The summed E-state index contributed by atoms with van der Waals surface area (Å²) >= 11 is 0. The highest BCUT2D eigenvalue weighted by Crippen LogP contribution is 2.38. The molecule has 0 aliphatic rings. The van der Waals surface area contributed by atoms with Crippen molar-refractivity contribution >= 4 is 0 Å². The van der Waals surface area contributed by atoms with Gasteiger partial charge in [-0.25, -0.2) is 0 Å². The van der Waals surface area contributed by atoms with Crippen LogP contribution in [0.5, 0.6) is 11.5 Å². The third kappa shape index (κ3) is 3.83. The van der Waals surface area contributed by atoms with Gasteiger partial charge in [0, 0.05) is 11.8 Å². The second-order valence-electron chi connectivity index (χ2n) is 5.49. The highest BCUT2D eigenvalue weighted by atomic mass is 16.5. The van der Waals surface area contributed by atoms with Crippen LogP contribution in [-0.2, 0) is 0 Å². The summed E-state index contributed by atoms with van der Waals surface area (Å²) in [5.74, 6) is 1.72. The Balaban J connectivity index is 0.00000100. The number of aryl methyl sites for hydroxylation is 3. The Bertz CT molecular complexity index is 794. The molecule has 0 bridgehead atoms. The lowest BCUT2D eigenvalue weighted by Crippen LogP contribution is -1.97. The highest BCUT2D eigenvalue weighted by molar-refractivity contribution is 5.75. The monoisotopic (exact) mass is 319 g/mol.